The molecular weight excluding hydrogens is 360 g/mol. The molecule has 1 aliphatic heterocycles. The molecule has 2 amide bonds. The molecule has 1 aliphatic rings. The van der Waals surface area contributed by atoms with Gasteiger partial charge in [-0.05, 0) is 30.9 Å². The van der Waals surface area contributed by atoms with Crippen molar-refractivity contribution in [2.75, 3.05) is 25.0 Å². The van der Waals surface area contributed by atoms with Gasteiger partial charge in [-0.25, -0.2) is 4.98 Å². The molecule has 0 bridgehead atoms. The van der Waals surface area contributed by atoms with E-state index < -0.39 is 0 Å². The highest BCUT2D eigenvalue weighted by Gasteiger charge is 2.29. The van der Waals surface area contributed by atoms with Gasteiger partial charge in [-0.3, -0.25) is 9.59 Å². The van der Waals surface area contributed by atoms with Crippen molar-refractivity contribution in [3.05, 3.63) is 41.4 Å². The number of amides is 2. The van der Waals surface area contributed by atoms with E-state index in [1.807, 2.05) is 30.3 Å². The van der Waals surface area contributed by atoms with Gasteiger partial charge in [0.2, 0.25) is 5.91 Å². The monoisotopic (exact) mass is 386 g/mol. The summed E-state index contributed by atoms with van der Waals surface area (Å²) in [6, 6.07) is 9.74. The van der Waals surface area contributed by atoms with Crippen LogP contribution in [0.5, 0.6) is 0 Å². The summed E-state index contributed by atoms with van der Waals surface area (Å²) >= 11 is 1.41. The van der Waals surface area contributed by atoms with Gasteiger partial charge in [0, 0.05) is 30.7 Å². The molecule has 6 nitrogen and oxygen atoms in total. The normalized spacial score (nSPS) is 17.0. The molecule has 1 aromatic heterocycles. The highest BCUT2D eigenvalue weighted by atomic mass is 32.1. The van der Waals surface area contributed by atoms with Crippen LogP contribution in [-0.4, -0.2) is 41.3 Å². The lowest BCUT2D eigenvalue weighted by molar-refractivity contribution is -0.126. The molecule has 0 radical (unpaired) electrons. The SMILES string of the molecule is CC(C)CNC(=O)C1CCCN(C(=O)c2csc(Nc3ccccc3)n2)C1. The number of likely N-dealkylation sites (tertiary alicyclic amines) is 1. The van der Waals surface area contributed by atoms with Gasteiger partial charge < -0.3 is 15.5 Å². The molecule has 1 unspecified atom stereocenters. The van der Waals surface area contributed by atoms with Crippen LogP contribution in [0.25, 0.3) is 0 Å². The van der Waals surface area contributed by atoms with Gasteiger partial charge in [-0.1, -0.05) is 32.0 Å². The molecule has 7 heteroatoms. The number of para-hydroxylation sites is 1. The smallest absolute Gasteiger partial charge is 0.273 e. The quantitative estimate of drug-likeness (QED) is 0.797. The predicted molar refractivity (Wildman–Crippen MR) is 108 cm³/mol. The number of nitrogens with one attached hydrogen (secondary N) is 2. The minimum absolute atomic E-state index is 0.0471. The van der Waals surface area contributed by atoms with Crippen molar-refractivity contribution >= 4 is 34.0 Å². The summed E-state index contributed by atoms with van der Waals surface area (Å²) < 4.78 is 0. The first-order valence-corrected chi connectivity index (χ1v) is 10.3. The molecule has 2 N–H and O–H groups in total. The van der Waals surface area contributed by atoms with Crippen molar-refractivity contribution in [3.63, 3.8) is 0 Å². The Morgan fingerprint density at radius 3 is 2.81 bits per heavy atom. The van der Waals surface area contributed by atoms with Crippen LogP contribution in [0.4, 0.5) is 10.8 Å². The molecule has 1 fully saturated rings. The fourth-order valence-corrected chi connectivity index (χ4v) is 3.77. The van der Waals surface area contributed by atoms with E-state index in [0.717, 1.165) is 18.5 Å². The Morgan fingerprint density at radius 1 is 1.30 bits per heavy atom. The minimum atomic E-state index is -0.137. The molecule has 144 valence electrons. The van der Waals surface area contributed by atoms with Gasteiger partial charge in [0.05, 0.1) is 5.92 Å². The topological polar surface area (TPSA) is 74.3 Å². The summed E-state index contributed by atoms with van der Waals surface area (Å²) in [7, 11) is 0. The highest BCUT2D eigenvalue weighted by Crippen LogP contribution is 2.23. The van der Waals surface area contributed by atoms with E-state index in [1.165, 1.54) is 11.3 Å². The van der Waals surface area contributed by atoms with E-state index in [-0.39, 0.29) is 17.7 Å². The standard InChI is InChI=1S/C20H26N4O2S/c1-14(2)11-21-18(25)15-7-6-10-24(12-15)19(26)17-13-27-20(23-17)22-16-8-4-3-5-9-16/h3-5,8-9,13-15H,6-7,10-12H2,1-2H3,(H,21,25)(H,22,23). The molecule has 27 heavy (non-hydrogen) atoms. The lowest BCUT2D eigenvalue weighted by Crippen LogP contribution is -2.46. The largest absolute Gasteiger partial charge is 0.356 e. The van der Waals surface area contributed by atoms with Crippen LogP contribution in [0, 0.1) is 11.8 Å². The summed E-state index contributed by atoms with van der Waals surface area (Å²) in [6.45, 7) is 5.94. The first-order valence-electron chi connectivity index (χ1n) is 9.37. The van der Waals surface area contributed by atoms with Gasteiger partial charge in [0.15, 0.2) is 5.13 Å². The second-order valence-corrected chi connectivity index (χ2v) is 8.12. The van der Waals surface area contributed by atoms with Crippen LogP contribution in [0.3, 0.4) is 0 Å². The van der Waals surface area contributed by atoms with Crippen molar-refractivity contribution in [2.45, 2.75) is 26.7 Å². The van der Waals surface area contributed by atoms with Crippen molar-refractivity contribution in [1.29, 1.82) is 0 Å². The first kappa shape index (κ1) is 19.4. The van der Waals surface area contributed by atoms with Crippen LogP contribution in [0.15, 0.2) is 35.7 Å². The number of carbonyl (C=O) groups is 2. The zero-order chi connectivity index (χ0) is 19.2. The molecule has 1 saturated heterocycles. The van der Waals surface area contributed by atoms with E-state index in [2.05, 4.69) is 29.5 Å². The molecule has 3 rings (SSSR count). The van der Waals surface area contributed by atoms with Crippen LogP contribution >= 0.6 is 11.3 Å². The maximum absolute atomic E-state index is 12.8. The van der Waals surface area contributed by atoms with Gasteiger partial charge in [0.25, 0.3) is 5.91 Å². The molecule has 0 saturated carbocycles. The van der Waals surface area contributed by atoms with E-state index in [4.69, 9.17) is 0 Å². The average Bonchev–Trinajstić information content (AvgIpc) is 3.14. The van der Waals surface area contributed by atoms with E-state index in [0.29, 0.717) is 36.4 Å². The van der Waals surface area contributed by atoms with Gasteiger partial charge in [0.1, 0.15) is 5.69 Å². The van der Waals surface area contributed by atoms with Crippen LogP contribution < -0.4 is 10.6 Å². The Hall–Kier alpha value is -2.41. The van der Waals surface area contributed by atoms with E-state index >= 15 is 0 Å². The van der Waals surface area contributed by atoms with E-state index in [9.17, 15) is 9.59 Å². The van der Waals surface area contributed by atoms with Crippen LogP contribution in [0.2, 0.25) is 0 Å². The number of thiazole rings is 1. The Kier molecular flexibility index (Phi) is 6.45. The number of hydrogen-bond acceptors (Lipinski definition) is 5. The molecule has 2 heterocycles. The minimum Gasteiger partial charge on any atom is -0.356 e. The third kappa shape index (κ3) is 5.29. The Morgan fingerprint density at radius 2 is 2.07 bits per heavy atom. The summed E-state index contributed by atoms with van der Waals surface area (Å²) in [4.78, 5) is 31.3. The number of nitrogens with zero attached hydrogens (tertiary/aromatic N) is 2. The summed E-state index contributed by atoms with van der Waals surface area (Å²) in [5, 5.41) is 8.65. The number of hydrogen-bond donors (Lipinski definition) is 2. The number of piperidine rings is 1. The third-order valence-corrected chi connectivity index (χ3v) is 5.27. The maximum atomic E-state index is 12.8. The number of carbonyl (C=O) groups excluding carboxylic acids is 2. The average molecular weight is 387 g/mol. The lowest BCUT2D eigenvalue weighted by Gasteiger charge is -2.31. The second-order valence-electron chi connectivity index (χ2n) is 7.26. The zero-order valence-corrected chi connectivity index (χ0v) is 16.6. The van der Waals surface area contributed by atoms with Crippen LogP contribution in [0.1, 0.15) is 37.2 Å². The molecule has 0 aliphatic carbocycles. The van der Waals surface area contributed by atoms with E-state index in [1.54, 1.807) is 10.3 Å². The maximum Gasteiger partial charge on any atom is 0.273 e. The van der Waals surface area contributed by atoms with Crippen molar-refractivity contribution in [3.8, 4) is 0 Å². The number of benzene rings is 1. The van der Waals surface area contributed by atoms with Crippen molar-refractivity contribution in [1.82, 2.24) is 15.2 Å². The summed E-state index contributed by atoms with van der Waals surface area (Å²) in [6.07, 6.45) is 1.66. The number of aromatic nitrogens is 1. The van der Waals surface area contributed by atoms with Crippen molar-refractivity contribution in [2.24, 2.45) is 11.8 Å². The fraction of sp³-hybridized carbons (Fsp3) is 0.450. The molecule has 1 atom stereocenters. The third-order valence-electron chi connectivity index (χ3n) is 4.51. The molecule has 0 spiro atoms. The molecular formula is C20H26N4O2S. The highest BCUT2D eigenvalue weighted by molar-refractivity contribution is 7.14. The fourth-order valence-electron chi connectivity index (χ4n) is 3.06. The van der Waals surface area contributed by atoms with Crippen LogP contribution in [-0.2, 0) is 4.79 Å². The predicted octanol–water partition coefficient (Wildman–Crippen LogP) is 3.51. The molecule has 2 aromatic rings. The zero-order valence-electron chi connectivity index (χ0n) is 15.8. The second kappa shape index (κ2) is 8.99. The van der Waals surface area contributed by atoms with Gasteiger partial charge in [-0.2, -0.15) is 0 Å². The van der Waals surface area contributed by atoms with Crippen molar-refractivity contribution < 1.29 is 9.59 Å². The number of rotatable bonds is 6. The van der Waals surface area contributed by atoms with Gasteiger partial charge in [-0.15, -0.1) is 11.3 Å². The lowest BCUT2D eigenvalue weighted by atomic mass is 9.96. The first-order chi connectivity index (χ1) is 13.0. The molecule has 1 aromatic carbocycles. The van der Waals surface area contributed by atoms with Gasteiger partial charge >= 0.3 is 0 Å². The summed E-state index contributed by atoms with van der Waals surface area (Å²) in [5.74, 6) is 0.224. The Bertz CT molecular complexity index is 775. The number of anilines is 2. The summed E-state index contributed by atoms with van der Waals surface area (Å²) in [5.41, 5.74) is 1.37. The Labute approximate surface area is 164 Å². The Balaban J connectivity index is 1.59.